The zero-order chi connectivity index (χ0) is 55.7. The SMILES string of the molecule is CCCCCCCC/C=C/CCCCCCCCCCCCCCCC(=O)OC(/C=C/CCCCCCCCCCC)C(COP(=O)(O)OCC[N+](C)(C)C)NC(=O)CCCCCCCCCCCCCCCCCC. The second-order valence-corrected chi connectivity index (χ2v) is 25.5. The number of amides is 1. The Balaban J connectivity index is 5.06. The topological polar surface area (TPSA) is 111 Å². The Bertz CT molecular complexity index is 1350. The molecule has 0 spiro atoms. The number of likely N-dealkylation sites (N-methyl/N-ethyl adjacent to an activating group) is 1. The molecule has 0 fully saturated rings. The summed E-state index contributed by atoms with van der Waals surface area (Å²) < 4.78 is 30.7. The third kappa shape index (κ3) is 57.2. The van der Waals surface area contributed by atoms with Gasteiger partial charge in [0, 0.05) is 12.8 Å². The number of hydrogen-bond donors (Lipinski definition) is 2. The molecule has 0 aromatic carbocycles. The molecule has 450 valence electrons. The minimum absolute atomic E-state index is 0.0443. The molecule has 76 heavy (non-hydrogen) atoms. The Labute approximate surface area is 473 Å². The number of phosphoric acid groups is 1. The summed E-state index contributed by atoms with van der Waals surface area (Å²) in [5, 5.41) is 3.07. The van der Waals surface area contributed by atoms with Gasteiger partial charge in [-0.1, -0.05) is 289 Å². The molecule has 3 unspecified atom stereocenters. The van der Waals surface area contributed by atoms with Crippen molar-refractivity contribution < 1.29 is 37.3 Å². The summed E-state index contributed by atoms with van der Waals surface area (Å²) in [4.78, 5) is 37.7. The van der Waals surface area contributed by atoms with Gasteiger partial charge in [-0.05, 0) is 57.4 Å². The van der Waals surface area contributed by atoms with E-state index in [4.69, 9.17) is 13.8 Å². The smallest absolute Gasteiger partial charge is 0.456 e. The fraction of sp³-hybridized carbons (Fsp3) is 0.909. The first-order valence-corrected chi connectivity index (χ1v) is 34.7. The summed E-state index contributed by atoms with van der Waals surface area (Å²) in [7, 11) is 1.51. The second-order valence-electron chi connectivity index (χ2n) is 24.0. The molecular weight excluding hydrogens is 964 g/mol. The molecule has 0 saturated heterocycles. The molecule has 0 bridgehead atoms. The van der Waals surface area contributed by atoms with Crippen molar-refractivity contribution in [1.82, 2.24) is 5.32 Å². The van der Waals surface area contributed by atoms with Crippen LogP contribution >= 0.6 is 7.82 Å². The van der Waals surface area contributed by atoms with Gasteiger partial charge in [-0.15, -0.1) is 0 Å². The molecule has 0 aliphatic heterocycles. The number of unbranched alkanes of at least 4 members (excludes halogenated alkanes) is 43. The van der Waals surface area contributed by atoms with E-state index < -0.39 is 20.0 Å². The van der Waals surface area contributed by atoms with Crippen molar-refractivity contribution in [3.63, 3.8) is 0 Å². The number of phosphoric ester groups is 1. The molecule has 0 aliphatic carbocycles. The lowest BCUT2D eigenvalue weighted by molar-refractivity contribution is -0.870. The van der Waals surface area contributed by atoms with E-state index in [1.165, 1.54) is 244 Å². The van der Waals surface area contributed by atoms with Crippen LogP contribution < -0.4 is 5.32 Å². The number of quaternary nitrogens is 1. The molecule has 0 aromatic rings. The summed E-state index contributed by atoms with van der Waals surface area (Å²) in [6.45, 7) is 7.06. The van der Waals surface area contributed by atoms with Crippen LogP contribution in [-0.4, -0.2) is 74.3 Å². The van der Waals surface area contributed by atoms with Gasteiger partial charge in [0.2, 0.25) is 5.91 Å². The van der Waals surface area contributed by atoms with E-state index in [-0.39, 0.29) is 25.1 Å². The Morgan fingerprint density at radius 3 is 1.12 bits per heavy atom. The number of carbonyl (C=O) groups is 2. The lowest BCUT2D eigenvalue weighted by atomic mass is 10.0. The average molecular weight is 1090 g/mol. The first-order chi connectivity index (χ1) is 36.9. The van der Waals surface area contributed by atoms with Gasteiger partial charge in [0.1, 0.15) is 19.3 Å². The molecule has 3 atom stereocenters. The number of nitrogens with one attached hydrogen (secondary N) is 1. The van der Waals surface area contributed by atoms with Gasteiger partial charge < -0.3 is 19.4 Å². The number of rotatable bonds is 61. The molecule has 0 saturated carbocycles. The van der Waals surface area contributed by atoms with Crippen molar-refractivity contribution in [3.8, 4) is 0 Å². The highest BCUT2D eigenvalue weighted by molar-refractivity contribution is 7.47. The number of nitrogens with zero attached hydrogens (tertiary/aromatic N) is 1. The summed E-state index contributed by atoms with van der Waals surface area (Å²) in [6.07, 6.45) is 67.5. The Morgan fingerprint density at radius 1 is 0.447 bits per heavy atom. The molecule has 2 N–H and O–H groups in total. The Kier molecular flexibility index (Phi) is 55.6. The number of allylic oxidation sites excluding steroid dienone is 3. The van der Waals surface area contributed by atoms with Crippen LogP contribution in [0.3, 0.4) is 0 Å². The summed E-state index contributed by atoms with van der Waals surface area (Å²) in [5.74, 6) is -0.486. The largest absolute Gasteiger partial charge is 0.472 e. The summed E-state index contributed by atoms with van der Waals surface area (Å²) >= 11 is 0. The zero-order valence-corrected chi connectivity index (χ0v) is 52.4. The van der Waals surface area contributed by atoms with Crippen LogP contribution in [0.15, 0.2) is 24.3 Å². The van der Waals surface area contributed by atoms with E-state index in [9.17, 15) is 19.0 Å². The first kappa shape index (κ1) is 74.5. The van der Waals surface area contributed by atoms with E-state index in [0.29, 0.717) is 23.9 Å². The predicted octanol–water partition coefficient (Wildman–Crippen LogP) is 20.5. The Hall–Kier alpha value is -1.51. The van der Waals surface area contributed by atoms with Crippen LogP contribution in [0.25, 0.3) is 0 Å². The third-order valence-electron chi connectivity index (χ3n) is 15.1. The molecule has 0 rings (SSSR count). The van der Waals surface area contributed by atoms with Crippen LogP contribution in [0.1, 0.15) is 335 Å². The van der Waals surface area contributed by atoms with Gasteiger partial charge in [0.25, 0.3) is 0 Å². The van der Waals surface area contributed by atoms with Crippen molar-refractivity contribution in [2.75, 3.05) is 40.9 Å². The van der Waals surface area contributed by atoms with Crippen molar-refractivity contribution in [3.05, 3.63) is 24.3 Å². The predicted molar refractivity (Wildman–Crippen MR) is 328 cm³/mol. The fourth-order valence-corrected chi connectivity index (χ4v) is 10.7. The maximum absolute atomic E-state index is 13.5. The highest BCUT2D eigenvalue weighted by Crippen LogP contribution is 2.43. The maximum atomic E-state index is 13.5. The van der Waals surface area contributed by atoms with Crippen LogP contribution in [0.4, 0.5) is 0 Å². The number of esters is 1. The van der Waals surface area contributed by atoms with E-state index in [1.54, 1.807) is 0 Å². The van der Waals surface area contributed by atoms with Crippen LogP contribution in [0.2, 0.25) is 0 Å². The normalized spacial score (nSPS) is 13.7. The van der Waals surface area contributed by atoms with Crippen molar-refractivity contribution in [2.45, 2.75) is 348 Å². The van der Waals surface area contributed by atoms with Crippen molar-refractivity contribution in [1.29, 1.82) is 0 Å². The maximum Gasteiger partial charge on any atom is 0.472 e. The van der Waals surface area contributed by atoms with Gasteiger partial charge >= 0.3 is 13.8 Å². The van der Waals surface area contributed by atoms with E-state index in [1.807, 2.05) is 33.3 Å². The number of carbonyl (C=O) groups excluding carboxylic acids is 2. The van der Waals surface area contributed by atoms with Gasteiger partial charge in [0.15, 0.2) is 0 Å². The molecule has 0 heterocycles. The van der Waals surface area contributed by atoms with Gasteiger partial charge in [-0.25, -0.2) is 4.57 Å². The highest BCUT2D eigenvalue weighted by Gasteiger charge is 2.30. The van der Waals surface area contributed by atoms with Crippen LogP contribution in [-0.2, 0) is 27.9 Å². The van der Waals surface area contributed by atoms with Crippen LogP contribution in [0.5, 0.6) is 0 Å². The quantitative estimate of drug-likeness (QED) is 0.0205. The molecule has 0 aromatic heterocycles. The molecule has 10 heteroatoms. The fourth-order valence-electron chi connectivity index (χ4n) is 10.00. The van der Waals surface area contributed by atoms with Crippen molar-refractivity contribution >= 4 is 19.7 Å². The van der Waals surface area contributed by atoms with Crippen LogP contribution in [0, 0.1) is 0 Å². The van der Waals surface area contributed by atoms with Gasteiger partial charge in [-0.2, -0.15) is 0 Å². The molecular formula is C66H130N2O7P+. The van der Waals surface area contributed by atoms with E-state index in [0.717, 1.165) is 57.8 Å². The highest BCUT2D eigenvalue weighted by atomic mass is 31.2. The monoisotopic (exact) mass is 1090 g/mol. The Morgan fingerprint density at radius 2 is 0.763 bits per heavy atom. The lowest BCUT2D eigenvalue weighted by Crippen LogP contribution is -2.47. The lowest BCUT2D eigenvalue weighted by Gasteiger charge is -2.27. The number of hydrogen-bond acceptors (Lipinski definition) is 6. The molecule has 1 amide bonds. The van der Waals surface area contributed by atoms with Crippen molar-refractivity contribution in [2.24, 2.45) is 0 Å². The summed E-state index contributed by atoms with van der Waals surface area (Å²) in [6, 6.07) is -0.842. The minimum Gasteiger partial charge on any atom is -0.456 e. The van der Waals surface area contributed by atoms with E-state index in [2.05, 4.69) is 38.2 Å². The zero-order valence-electron chi connectivity index (χ0n) is 51.5. The third-order valence-corrected chi connectivity index (χ3v) is 16.1. The molecule has 0 aliphatic rings. The number of ether oxygens (including phenoxy) is 1. The second kappa shape index (κ2) is 56.8. The molecule has 9 nitrogen and oxygen atoms in total. The van der Waals surface area contributed by atoms with E-state index >= 15 is 0 Å². The first-order valence-electron chi connectivity index (χ1n) is 33.2. The average Bonchev–Trinajstić information content (AvgIpc) is 3.38. The minimum atomic E-state index is -4.44. The molecule has 0 radical (unpaired) electrons. The summed E-state index contributed by atoms with van der Waals surface area (Å²) in [5.41, 5.74) is 0. The van der Waals surface area contributed by atoms with Gasteiger partial charge in [-0.3, -0.25) is 18.6 Å². The van der Waals surface area contributed by atoms with Gasteiger partial charge in [0.05, 0.1) is 33.8 Å². The standard InChI is InChI=1S/C66H129N2O7P/c1-7-10-13-16-19-22-25-27-29-31-32-33-34-35-36-37-39-41-44-47-50-53-56-59-66(70)75-64(57-54-51-48-45-42-24-21-18-15-12-9-3)63(62-74-76(71,72)73-61-60-68(4,5)6)67-65(69)58-55-52-49-46-43-40-38-30-28-26-23-20-17-14-11-8-2/h27,29,54,57,63-64H,7-26,28,30-53,55-56,58-62H2,1-6H3,(H-,67,69,71,72)/p+1/b29-27+,57-54+.